The number of fused-ring (bicyclic) bond motifs is 1. The molecule has 0 spiro atoms. The topological polar surface area (TPSA) is 17.1 Å². The first-order valence-electron chi connectivity index (χ1n) is 3.98. The fourth-order valence-electron chi connectivity index (χ4n) is 1.41. The lowest BCUT2D eigenvalue weighted by Crippen LogP contribution is -2.10. The SMILES string of the molecule is O=C1C=C(S)c2cc(Cl)ccc2C1Cl. The van der Waals surface area contributed by atoms with E-state index in [1.807, 2.05) is 0 Å². The van der Waals surface area contributed by atoms with Crippen molar-refractivity contribution in [2.45, 2.75) is 5.38 Å². The maximum Gasteiger partial charge on any atom is 0.179 e. The summed E-state index contributed by atoms with van der Waals surface area (Å²) in [6.07, 6.45) is 1.43. The average Bonchev–Trinajstić information content (AvgIpc) is 2.14. The lowest BCUT2D eigenvalue weighted by Gasteiger charge is -2.18. The van der Waals surface area contributed by atoms with Gasteiger partial charge in [-0.05, 0) is 29.3 Å². The first kappa shape index (κ1) is 10.1. The van der Waals surface area contributed by atoms with Crippen LogP contribution >= 0.6 is 35.8 Å². The van der Waals surface area contributed by atoms with Crippen molar-refractivity contribution < 1.29 is 4.79 Å². The largest absolute Gasteiger partial charge is 0.293 e. The van der Waals surface area contributed by atoms with Gasteiger partial charge < -0.3 is 0 Å². The standard InChI is InChI=1S/C10H6Cl2OS/c11-5-1-2-6-7(3-5)9(14)4-8(13)10(6)12/h1-4,10,14H. The predicted molar refractivity (Wildman–Crippen MR) is 62.0 cm³/mol. The van der Waals surface area contributed by atoms with Crippen molar-refractivity contribution in [1.82, 2.24) is 0 Å². The third-order valence-electron chi connectivity index (χ3n) is 2.09. The average molecular weight is 245 g/mol. The van der Waals surface area contributed by atoms with Crippen LogP contribution in [0.4, 0.5) is 0 Å². The number of thiol groups is 1. The summed E-state index contributed by atoms with van der Waals surface area (Å²) >= 11 is 16.0. The summed E-state index contributed by atoms with van der Waals surface area (Å²) in [6.45, 7) is 0. The molecule has 1 nitrogen and oxygen atoms in total. The molecule has 4 heteroatoms. The number of carbonyl (C=O) groups excluding carboxylic acids is 1. The minimum absolute atomic E-state index is 0.133. The van der Waals surface area contributed by atoms with Crippen molar-refractivity contribution in [3.05, 3.63) is 40.4 Å². The van der Waals surface area contributed by atoms with Crippen molar-refractivity contribution >= 4 is 46.5 Å². The molecule has 0 saturated carbocycles. The van der Waals surface area contributed by atoms with Crippen LogP contribution < -0.4 is 0 Å². The highest BCUT2D eigenvalue weighted by atomic mass is 35.5. The molecule has 1 aliphatic rings. The van der Waals surface area contributed by atoms with Crippen LogP contribution in [0.5, 0.6) is 0 Å². The summed E-state index contributed by atoms with van der Waals surface area (Å²) in [5, 5.41) is 0.0000762. The van der Waals surface area contributed by atoms with Crippen LogP contribution in [0.3, 0.4) is 0 Å². The highest BCUT2D eigenvalue weighted by Gasteiger charge is 2.24. The Morgan fingerprint density at radius 1 is 1.36 bits per heavy atom. The van der Waals surface area contributed by atoms with E-state index in [0.717, 1.165) is 11.1 Å². The van der Waals surface area contributed by atoms with Gasteiger partial charge in [0, 0.05) is 9.93 Å². The Hall–Kier alpha value is -0.440. The minimum atomic E-state index is -0.613. The van der Waals surface area contributed by atoms with E-state index in [9.17, 15) is 4.79 Å². The number of halogens is 2. The van der Waals surface area contributed by atoms with Gasteiger partial charge in [0.05, 0.1) is 0 Å². The second-order valence-corrected chi connectivity index (χ2v) is 4.38. The third-order valence-corrected chi connectivity index (χ3v) is 3.15. The van der Waals surface area contributed by atoms with Crippen molar-refractivity contribution in [3.8, 4) is 0 Å². The van der Waals surface area contributed by atoms with Gasteiger partial charge in [0.25, 0.3) is 0 Å². The van der Waals surface area contributed by atoms with Crippen LogP contribution in [0.2, 0.25) is 5.02 Å². The molecule has 1 unspecified atom stereocenters. The van der Waals surface area contributed by atoms with Crippen molar-refractivity contribution in [3.63, 3.8) is 0 Å². The van der Waals surface area contributed by atoms with Crippen molar-refractivity contribution in [1.29, 1.82) is 0 Å². The third kappa shape index (κ3) is 1.58. The second-order valence-electron chi connectivity index (χ2n) is 3.03. The Kier molecular flexibility index (Phi) is 2.60. The minimum Gasteiger partial charge on any atom is -0.293 e. The summed E-state index contributed by atoms with van der Waals surface area (Å²) in [4.78, 5) is 12.0. The van der Waals surface area contributed by atoms with Crippen LogP contribution in [0.15, 0.2) is 24.3 Å². The van der Waals surface area contributed by atoms with E-state index < -0.39 is 5.38 Å². The van der Waals surface area contributed by atoms with E-state index in [4.69, 9.17) is 23.2 Å². The summed E-state index contributed by atoms with van der Waals surface area (Å²) in [5.74, 6) is -0.133. The molecule has 1 aromatic rings. The Bertz CT molecular complexity index is 440. The van der Waals surface area contributed by atoms with E-state index in [1.165, 1.54) is 6.08 Å². The lowest BCUT2D eigenvalue weighted by molar-refractivity contribution is -0.114. The Morgan fingerprint density at radius 3 is 2.79 bits per heavy atom. The van der Waals surface area contributed by atoms with Crippen LogP contribution in [0.1, 0.15) is 16.5 Å². The summed E-state index contributed by atoms with van der Waals surface area (Å²) < 4.78 is 0. The molecule has 1 aliphatic carbocycles. The Balaban J connectivity index is 2.66. The first-order chi connectivity index (χ1) is 6.59. The fraction of sp³-hybridized carbons (Fsp3) is 0.100. The monoisotopic (exact) mass is 244 g/mol. The fourth-order valence-corrected chi connectivity index (χ4v) is 2.16. The number of benzene rings is 1. The van der Waals surface area contributed by atoms with Gasteiger partial charge in [-0.15, -0.1) is 24.2 Å². The molecule has 0 heterocycles. The number of hydrogen-bond donors (Lipinski definition) is 1. The van der Waals surface area contributed by atoms with Gasteiger partial charge in [0.2, 0.25) is 0 Å². The lowest BCUT2D eigenvalue weighted by atomic mass is 9.96. The van der Waals surface area contributed by atoms with E-state index >= 15 is 0 Å². The number of carbonyl (C=O) groups is 1. The molecule has 0 fully saturated rings. The molecular formula is C10H6Cl2OS. The number of allylic oxidation sites excluding steroid dienone is 1. The molecule has 72 valence electrons. The Morgan fingerprint density at radius 2 is 2.07 bits per heavy atom. The van der Waals surface area contributed by atoms with Gasteiger partial charge in [-0.1, -0.05) is 17.7 Å². The molecular weight excluding hydrogens is 239 g/mol. The van der Waals surface area contributed by atoms with Gasteiger partial charge in [0.15, 0.2) is 5.78 Å². The van der Waals surface area contributed by atoms with Crippen molar-refractivity contribution in [2.75, 3.05) is 0 Å². The summed E-state index contributed by atoms with van der Waals surface area (Å²) in [6, 6.07) is 5.24. The molecule has 0 aliphatic heterocycles. The van der Waals surface area contributed by atoms with Gasteiger partial charge in [-0.25, -0.2) is 0 Å². The molecule has 0 radical (unpaired) electrons. The molecule has 0 aromatic heterocycles. The molecule has 0 amide bonds. The molecule has 1 aromatic carbocycles. The Labute approximate surface area is 97.1 Å². The molecule has 0 N–H and O–H groups in total. The summed E-state index contributed by atoms with van der Waals surface area (Å²) in [7, 11) is 0. The summed E-state index contributed by atoms with van der Waals surface area (Å²) in [5.41, 5.74) is 1.61. The van der Waals surface area contributed by atoms with Gasteiger partial charge in [-0.2, -0.15) is 0 Å². The zero-order valence-electron chi connectivity index (χ0n) is 7.00. The second kappa shape index (κ2) is 3.61. The number of rotatable bonds is 0. The van der Waals surface area contributed by atoms with Gasteiger partial charge in [-0.3, -0.25) is 4.79 Å². The van der Waals surface area contributed by atoms with E-state index in [2.05, 4.69) is 12.6 Å². The number of alkyl halides is 1. The first-order valence-corrected chi connectivity index (χ1v) is 5.24. The van der Waals surface area contributed by atoms with Crippen molar-refractivity contribution in [2.24, 2.45) is 0 Å². The maximum absolute atomic E-state index is 11.4. The molecule has 14 heavy (non-hydrogen) atoms. The quantitative estimate of drug-likeness (QED) is 0.547. The molecule has 2 rings (SSSR count). The van der Waals surface area contributed by atoms with E-state index in [-0.39, 0.29) is 5.78 Å². The van der Waals surface area contributed by atoms with Crippen LogP contribution in [-0.4, -0.2) is 5.78 Å². The smallest absolute Gasteiger partial charge is 0.179 e. The highest BCUT2D eigenvalue weighted by Crippen LogP contribution is 2.37. The van der Waals surface area contributed by atoms with E-state index in [0.29, 0.717) is 9.93 Å². The van der Waals surface area contributed by atoms with Crippen LogP contribution in [0.25, 0.3) is 4.91 Å². The number of ketones is 1. The van der Waals surface area contributed by atoms with Crippen LogP contribution in [0, 0.1) is 0 Å². The highest BCUT2D eigenvalue weighted by molar-refractivity contribution is 7.90. The molecule has 0 saturated heterocycles. The van der Waals surface area contributed by atoms with E-state index in [1.54, 1.807) is 18.2 Å². The zero-order valence-corrected chi connectivity index (χ0v) is 9.40. The van der Waals surface area contributed by atoms with Gasteiger partial charge >= 0.3 is 0 Å². The molecule has 1 atom stereocenters. The predicted octanol–water partition coefficient (Wildman–Crippen LogP) is 3.47. The van der Waals surface area contributed by atoms with Gasteiger partial charge in [0.1, 0.15) is 5.38 Å². The molecule has 0 bridgehead atoms. The van der Waals surface area contributed by atoms with Crippen LogP contribution in [-0.2, 0) is 4.79 Å². The zero-order chi connectivity index (χ0) is 10.3. The normalized spacial score (nSPS) is 20.4. The number of hydrogen-bond acceptors (Lipinski definition) is 2. The maximum atomic E-state index is 11.4.